The molecule has 3 radical (unpaired) electrons. The van der Waals surface area contributed by atoms with Gasteiger partial charge in [0.05, 0.1) is 21.6 Å². The normalized spacial score (nSPS) is 14.0. The Morgan fingerprint density at radius 2 is 1.23 bits per heavy atom. The molecule has 0 fully saturated rings. The van der Waals surface area contributed by atoms with Gasteiger partial charge in [-0.3, -0.25) is 0 Å². The summed E-state index contributed by atoms with van der Waals surface area (Å²) >= 11 is 5.65. The molecule has 0 rings (SSSR count). The lowest BCUT2D eigenvalue weighted by atomic mass is 10.2. The van der Waals surface area contributed by atoms with Crippen LogP contribution in [0.4, 0.5) is 0 Å². The number of rotatable bonds is 5. The summed E-state index contributed by atoms with van der Waals surface area (Å²) in [5.74, 6) is -2.49. The van der Waals surface area contributed by atoms with Gasteiger partial charge in [-0.25, -0.2) is 0 Å². The van der Waals surface area contributed by atoms with Gasteiger partial charge in [-0.05, 0) is 12.8 Å². The van der Waals surface area contributed by atoms with Gasteiger partial charge in [-0.15, -0.1) is 0 Å². The minimum atomic E-state index is -1.24. The van der Waals surface area contributed by atoms with Gasteiger partial charge < -0.3 is 19.8 Å². The van der Waals surface area contributed by atoms with Crippen molar-refractivity contribution in [3.63, 3.8) is 0 Å². The van der Waals surface area contributed by atoms with E-state index < -0.39 is 21.6 Å². The molecule has 0 aromatic carbocycles. The fourth-order valence-electron chi connectivity index (χ4n) is 0.528. The van der Waals surface area contributed by atoms with E-state index in [-0.39, 0.29) is 29.8 Å². The Labute approximate surface area is 103 Å². The van der Waals surface area contributed by atoms with Crippen molar-refractivity contribution in [3.05, 3.63) is 0 Å². The van der Waals surface area contributed by atoms with Crippen molar-refractivity contribution >= 4 is 43.8 Å². The number of hydrogen-bond acceptors (Lipinski definition) is 4. The highest BCUT2D eigenvalue weighted by molar-refractivity contribution is 9.10. The van der Waals surface area contributed by atoms with E-state index in [0.717, 1.165) is 0 Å². The van der Waals surface area contributed by atoms with Crippen molar-refractivity contribution in [2.75, 3.05) is 0 Å². The molecule has 0 N–H and O–H groups in total. The molecule has 2 atom stereocenters. The van der Waals surface area contributed by atoms with Gasteiger partial charge in [-0.1, -0.05) is 31.9 Å². The first-order chi connectivity index (χ1) is 5.45. The molecular weight excluding hydrogens is 376 g/mol. The lowest BCUT2D eigenvalue weighted by Crippen LogP contribution is -2.35. The number of alkyl halides is 2. The Kier molecular flexibility index (Phi) is 9.44. The van der Waals surface area contributed by atoms with Crippen molar-refractivity contribution in [3.8, 4) is 0 Å². The minimum Gasteiger partial charge on any atom is -0.549 e. The lowest BCUT2D eigenvalue weighted by Gasteiger charge is -2.14. The first-order valence-corrected chi connectivity index (χ1v) is 4.98. The second-order valence-electron chi connectivity index (χ2n) is 2.15. The summed E-state index contributed by atoms with van der Waals surface area (Å²) in [5, 5.41) is 20.3. The first-order valence-electron chi connectivity index (χ1n) is 3.15. The molecule has 0 saturated carbocycles. The quantitative estimate of drug-likeness (QED) is 0.560. The largest absolute Gasteiger partial charge is 2.00 e. The van der Waals surface area contributed by atoms with Crippen LogP contribution in [0, 0.1) is 17.0 Å². The third-order valence-electron chi connectivity index (χ3n) is 1.19. The van der Waals surface area contributed by atoms with E-state index >= 15 is 0 Å². The molecular formula is C6H6Br3O4. The molecule has 75 valence electrons. The topological polar surface area (TPSA) is 80.3 Å². The Balaban J connectivity index is 0. The molecule has 0 saturated heterocycles. The number of halogens is 3. The number of aliphatic carboxylic acids is 2. The second kappa shape index (κ2) is 7.75. The van der Waals surface area contributed by atoms with Gasteiger partial charge >= 0.3 is 17.0 Å². The Bertz CT molecular complexity index is 165. The first kappa shape index (κ1) is 15.8. The average Bonchev–Trinajstić information content (AvgIpc) is 1.98. The summed E-state index contributed by atoms with van der Waals surface area (Å²) in [4.78, 5) is 18.7. The average molecular weight is 382 g/mol. The number of carbonyl (C=O) groups excluding carboxylic acids is 2. The highest BCUT2D eigenvalue weighted by atomic mass is 79.9. The fraction of sp³-hybridized carbons (Fsp3) is 0.667. The lowest BCUT2D eigenvalue weighted by molar-refractivity contribution is -0.307. The van der Waals surface area contributed by atoms with E-state index in [0.29, 0.717) is 0 Å². The maximum absolute atomic E-state index is 10.1. The van der Waals surface area contributed by atoms with E-state index in [1.54, 1.807) is 0 Å². The maximum atomic E-state index is 10.1. The summed E-state index contributed by atoms with van der Waals surface area (Å²) in [5.41, 5.74) is 0. The molecule has 13 heavy (non-hydrogen) atoms. The van der Waals surface area contributed by atoms with Crippen LogP contribution in [0.3, 0.4) is 0 Å². The predicted octanol–water partition coefficient (Wildman–Crippen LogP) is -1.21. The summed E-state index contributed by atoms with van der Waals surface area (Å²) < 4.78 is 0. The number of carbonyl (C=O) groups is 2. The SMILES string of the molecule is O=C([O-])[C@H](Br)CC[C@H](Br)C(=O)[O-].[Br+2]. The van der Waals surface area contributed by atoms with Gasteiger partial charge in [0.2, 0.25) is 0 Å². The van der Waals surface area contributed by atoms with E-state index in [4.69, 9.17) is 0 Å². The Hall–Kier alpha value is 0.380. The van der Waals surface area contributed by atoms with E-state index in [9.17, 15) is 19.8 Å². The van der Waals surface area contributed by atoms with Crippen LogP contribution in [0.15, 0.2) is 0 Å². The number of carboxylic acids is 2. The fourth-order valence-corrected chi connectivity index (χ4v) is 1.06. The molecule has 0 aliphatic carbocycles. The third kappa shape index (κ3) is 7.45. The Morgan fingerprint density at radius 1 is 1.00 bits per heavy atom. The number of carboxylic acid groups (broad SMARTS) is 2. The molecule has 0 amide bonds. The molecule has 0 aromatic rings. The smallest absolute Gasteiger partial charge is 0.549 e. The maximum Gasteiger partial charge on any atom is 2.00 e. The molecule has 0 heterocycles. The minimum absolute atomic E-state index is 0. The van der Waals surface area contributed by atoms with Gasteiger partial charge in [0, 0.05) is 0 Å². The van der Waals surface area contributed by atoms with E-state index in [1.807, 2.05) is 0 Å². The zero-order chi connectivity index (χ0) is 9.72. The van der Waals surface area contributed by atoms with Gasteiger partial charge in [0.1, 0.15) is 0 Å². The molecule has 4 nitrogen and oxygen atoms in total. The van der Waals surface area contributed by atoms with Crippen LogP contribution in [0.2, 0.25) is 0 Å². The van der Waals surface area contributed by atoms with Crippen LogP contribution in [-0.2, 0) is 9.59 Å². The highest BCUT2D eigenvalue weighted by Crippen LogP contribution is 2.13. The van der Waals surface area contributed by atoms with Crippen molar-refractivity contribution in [2.24, 2.45) is 0 Å². The summed E-state index contributed by atoms with van der Waals surface area (Å²) in [6, 6.07) is 0. The van der Waals surface area contributed by atoms with Gasteiger partial charge in [0.15, 0.2) is 0 Å². The van der Waals surface area contributed by atoms with Crippen molar-refractivity contribution in [1.29, 1.82) is 0 Å². The molecule has 7 heteroatoms. The summed E-state index contributed by atoms with van der Waals surface area (Å²) in [7, 11) is 0. The third-order valence-corrected chi connectivity index (χ3v) is 2.85. The van der Waals surface area contributed by atoms with Gasteiger partial charge in [0.25, 0.3) is 0 Å². The van der Waals surface area contributed by atoms with E-state index in [1.165, 1.54) is 0 Å². The molecule has 0 aliphatic heterocycles. The molecule has 0 aromatic heterocycles. The Morgan fingerprint density at radius 3 is 1.38 bits per heavy atom. The van der Waals surface area contributed by atoms with Crippen LogP contribution >= 0.6 is 31.9 Å². The monoisotopic (exact) mass is 379 g/mol. The zero-order valence-corrected chi connectivity index (χ0v) is 11.1. The summed E-state index contributed by atoms with van der Waals surface area (Å²) in [6.07, 6.45) is 0.373. The number of hydrogen-bond donors (Lipinski definition) is 0. The van der Waals surface area contributed by atoms with Crippen LogP contribution in [0.5, 0.6) is 0 Å². The van der Waals surface area contributed by atoms with Crippen LogP contribution in [0.1, 0.15) is 12.8 Å². The van der Waals surface area contributed by atoms with Gasteiger partial charge in [-0.2, -0.15) is 0 Å². The standard InChI is InChI=1S/C6H8Br2O4.Br/c7-3(5(9)10)1-2-4(8)6(11)12;/h3-4H,1-2H2,(H,9,10)(H,11,12);/q;+2/p-2/t3-,4+;. The molecule has 0 bridgehead atoms. The summed E-state index contributed by atoms with van der Waals surface area (Å²) in [6.45, 7) is 0. The second-order valence-corrected chi connectivity index (χ2v) is 4.36. The van der Waals surface area contributed by atoms with E-state index in [2.05, 4.69) is 31.9 Å². The van der Waals surface area contributed by atoms with Crippen molar-refractivity contribution < 1.29 is 36.8 Å². The molecule has 0 unspecified atom stereocenters. The van der Waals surface area contributed by atoms with Crippen LogP contribution in [-0.4, -0.2) is 21.6 Å². The van der Waals surface area contributed by atoms with Crippen molar-refractivity contribution in [1.82, 2.24) is 0 Å². The molecule has 0 aliphatic rings. The van der Waals surface area contributed by atoms with Crippen molar-refractivity contribution in [2.45, 2.75) is 22.5 Å². The zero-order valence-electron chi connectivity index (χ0n) is 6.34. The highest BCUT2D eigenvalue weighted by Gasteiger charge is 2.09. The van der Waals surface area contributed by atoms with Crippen LogP contribution in [0.25, 0.3) is 0 Å². The van der Waals surface area contributed by atoms with Crippen LogP contribution < -0.4 is 10.2 Å². The molecule has 0 spiro atoms. The predicted molar refractivity (Wildman–Crippen MR) is 44.7 cm³/mol.